The lowest BCUT2D eigenvalue weighted by molar-refractivity contribution is -0.228. The second-order valence-corrected chi connectivity index (χ2v) is 16.5. The summed E-state index contributed by atoms with van der Waals surface area (Å²) in [4.78, 5) is 28.2. The number of ketones is 1. The quantitative estimate of drug-likeness (QED) is 0.392. The number of amides is 1. The average Bonchev–Trinajstić information content (AvgIpc) is 3.20. The number of rotatable bonds is 3. The van der Waals surface area contributed by atoms with Crippen molar-refractivity contribution in [2.45, 2.75) is 119 Å². The third-order valence-corrected chi connectivity index (χ3v) is 14.1. The maximum absolute atomic E-state index is 14.4. The molecule has 2 unspecified atom stereocenters. The highest BCUT2D eigenvalue weighted by Gasteiger charge is 2.70. The first-order valence-electron chi connectivity index (χ1n) is 16.5. The van der Waals surface area contributed by atoms with E-state index < -0.39 is 5.41 Å². The van der Waals surface area contributed by atoms with E-state index in [1.165, 1.54) is 12.0 Å². The number of hydrogen-bond acceptors (Lipinski definition) is 3. The van der Waals surface area contributed by atoms with Crippen LogP contribution in [0.25, 0.3) is 0 Å². The fourth-order valence-electron chi connectivity index (χ4n) is 11.9. The number of carbonyl (C=O) groups excluding carboxylic acids is 2. The molecule has 1 aromatic carbocycles. The predicted octanol–water partition coefficient (Wildman–Crippen LogP) is 8.28. The van der Waals surface area contributed by atoms with Gasteiger partial charge >= 0.3 is 0 Å². The van der Waals surface area contributed by atoms with Crippen LogP contribution < -0.4 is 5.32 Å². The first-order valence-corrected chi connectivity index (χ1v) is 16.5. The maximum Gasteiger partial charge on any atom is 0.235 e. The molecule has 224 valence electrons. The molecule has 6 rings (SSSR count). The van der Waals surface area contributed by atoms with Gasteiger partial charge in [0.1, 0.15) is 0 Å². The van der Waals surface area contributed by atoms with Crippen LogP contribution in [-0.4, -0.2) is 22.9 Å². The lowest BCUT2D eigenvalue weighted by Crippen LogP contribution is -2.66. The summed E-state index contributed by atoms with van der Waals surface area (Å²) >= 11 is 0. The van der Waals surface area contributed by atoms with Gasteiger partial charge in [0.2, 0.25) is 5.91 Å². The van der Waals surface area contributed by atoms with E-state index in [2.05, 4.69) is 53.8 Å². The molecular formula is C37H53NO3. The molecule has 4 saturated carbocycles. The lowest BCUT2D eigenvalue weighted by atomic mass is 9.33. The molecule has 5 aliphatic carbocycles. The molecule has 1 aromatic rings. The Morgan fingerprint density at radius 1 is 0.927 bits per heavy atom. The van der Waals surface area contributed by atoms with Crippen LogP contribution in [0.15, 0.2) is 35.4 Å². The molecule has 41 heavy (non-hydrogen) atoms. The van der Waals surface area contributed by atoms with E-state index in [1.807, 2.05) is 31.2 Å². The van der Waals surface area contributed by atoms with Gasteiger partial charge in [-0.15, -0.1) is 0 Å². The van der Waals surface area contributed by atoms with Crippen molar-refractivity contribution in [3.05, 3.63) is 41.0 Å². The van der Waals surface area contributed by atoms with Crippen molar-refractivity contribution in [3.63, 3.8) is 0 Å². The molecule has 0 heterocycles. The minimum absolute atomic E-state index is 0.0233. The van der Waals surface area contributed by atoms with Gasteiger partial charge in [-0.3, -0.25) is 9.59 Å². The van der Waals surface area contributed by atoms with E-state index in [0.29, 0.717) is 18.3 Å². The van der Waals surface area contributed by atoms with Crippen molar-refractivity contribution < 1.29 is 14.7 Å². The van der Waals surface area contributed by atoms with Gasteiger partial charge in [0.25, 0.3) is 0 Å². The summed E-state index contributed by atoms with van der Waals surface area (Å²) in [6.07, 6.45) is 8.37. The van der Waals surface area contributed by atoms with Gasteiger partial charge in [-0.1, -0.05) is 60.6 Å². The van der Waals surface area contributed by atoms with Crippen LogP contribution in [0.5, 0.6) is 0 Å². The van der Waals surface area contributed by atoms with Crippen molar-refractivity contribution in [2.24, 2.45) is 50.7 Å². The number of aliphatic hydroxyl groups excluding tert-OH is 1. The highest BCUT2D eigenvalue weighted by Crippen LogP contribution is 2.76. The molecule has 4 nitrogen and oxygen atoms in total. The van der Waals surface area contributed by atoms with Crippen LogP contribution in [0.3, 0.4) is 0 Å². The van der Waals surface area contributed by atoms with Gasteiger partial charge in [-0.25, -0.2) is 0 Å². The molecule has 2 N–H and O–H groups in total. The van der Waals surface area contributed by atoms with Crippen LogP contribution in [0.2, 0.25) is 0 Å². The number of allylic oxidation sites excluding steroid dienone is 1. The summed E-state index contributed by atoms with van der Waals surface area (Å²) in [7, 11) is 0. The summed E-state index contributed by atoms with van der Waals surface area (Å²) in [5.74, 6) is 1.72. The van der Waals surface area contributed by atoms with E-state index in [0.717, 1.165) is 61.8 Å². The van der Waals surface area contributed by atoms with Crippen LogP contribution >= 0.6 is 0 Å². The van der Waals surface area contributed by atoms with Gasteiger partial charge in [-0.05, 0) is 132 Å². The predicted molar refractivity (Wildman–Crippen MR) is 165 cm³/mol. The normalized spacial score (nSPS) is 43.2. The molecule has 0 aromatic heterocycles. The fourth-order valence-corrected chi connectivity index (χ4v) is 11.9. The van der Waals surface area contributed by atoms with Gasteiger partial charge in [0.05, 0.1) is 11.5 Å². The van der Waals surface area contributed by atoms with E-state index in [4.69, 9.17) is 0 Å². The SMILES string of the molecule is Cc1cccc(NC(=O)[C@@]23CC[C@]4(C)[C@H](CCC5[C@@]6(C)CC[C@H](O)C(C)(C)C6CC[C@]54C)C2=C(C(C)C)C(=O)C3)c1. The molecular weight excluding hydrogens is 506 g/mol. The highest BCUT2D eigenvalue weighted by atomic mass is 16.3. The topological polar surface area (TPSA) is 66.4 Å². The Bertz CT molecular complexity index is 1310. The molecule has 4 fully saturated rings. The third kappa shape index (κ3) is 3.80. The fraction of sp³-hybridized carbons (Fsp3) is 0.730. The minimum Gasteiger partial charge on any atom is -0.393 e. The number of hydrogen-bond donors (Lipinski definition) is 2. The van der Waals surface area contributed by atoms with E-state index in [1.54, 1.807) is 0 Å². The van der Waals surface area contributed by atoms with Gasteiger partial charge in [-0.2, -0.15) is 0 Å². The Labute approximate surface area is 248 Å². The minimum atomic E-state index is -0.730. The van der Waals surface area contributed by atoms with Crippen LogP contribution in [0, 0.1) is 57.7 Å². The van der Waals surface area contributed by atoms with Crippen LogP contribution in [-0.2, 0) is 9.59 Å². The van der Waals surface area contributed by atoms with Crippen molar-refractivity contribution in [1.29, 1.82) is 0 Å². The number of anilines is 1. The van der Waals surface area contributed by atoms with Crippen molar-refractivity contribution in [2.75, 3.05) is 5.32 Å². The van der Waals surface area contributed by atoms with Crippen molar-refractivity contribution in [3.8, 4) is 0 Å². The third-order valence-electron chi connectivity index (χ3n) is 14.1. The van der Waals surface area contributed by atoms with Crippen molar-refractivity contribution in [1.82, 2.24) is 0 Å². The maximum atomic E-state index is 14.4. The number of Topliss-reactive ketones (excluding diaryl/α,β-unsaturated/α-hetero) is 1. The smallest absolute Gasteiger partial charge is 0.235 e. The molecule has 1 amide bonds. The molecule has 0 aliphatic heterocycles. The molecule has 5 aliphatic rings. The number of carbonyl (C=O) groups is 2. The second kappa shape index (κ2) is 9.28. The second-order valence-electron chi connectivity index (χ2n) is 16.5. The largest absolute Gasteiger partial charge is 0.393 e. The summed E-state index contributed by atoms with van der Waals surface area (Å²) in [5, 5.41) is 14.3. The van der Waals surface area contributed by atoms with Gasteiger partial charge in [0, 0.05) is 12.1 Å². The molecule has 0 spiro atoms. The van der Waals surface area contributed by atoms with Crippen LogP contribution in [0.1, 0.15) is 112 Å². The van der Waals surface area contributed by atoms with Crippen molar-refractivity contribution >= 4 is 17.4 Å². The Morgan fingerprint density at radius 2 is 1.66 bits per heavy atom. The summed E-state index contributed by atoms with van der Waals surface area (Å²) in [6, 6.07) is 8.02. The monoisotopic (exact) mass is 559 g/mol. The Balaban J connectivity index is 1.42. The molecule has 4 heteroatoms. The Morgan fingerprint density at radius 3 is 2.34 bits per heavy atom. The number of aliphatic hydroxyl groups is 1. The van der Waals surface area contributed by atoms with E-state index in [-0.39, 0.29) is 51.3 Å². The zero-order valence-electron chi connectivity index (χ0n) is 26.8. The van der Waals surface area contributed by atoms with Gasteiger partial charge < -0.3 is 10.4 Å². The van der Waals surface area contributed by atoms with E-state index in [9.17, 15) is 14.7 Å². The molecule has 0 saturated heterocycles. The molecule has 0 bridgehead atoms. The zero-order valence-corrected chi connectivity index (χ0v) is 26.8. The molecule has 8 atom stereocenters. The lowest BCUT2D eigenvalue weighted by Gasteiger charge is -2.72. The highest BCUT2D eigenvalue weighted by molar-refractivity contribution is 6.10. The first-order chi connectivity index (χ1) is 19.1. The summed E-state index contributed by atoms with van der Waals surface area (Å²) < 4.78 is 0. The van der Waals surface area contributed by atoms with E-state index >= 15 is 0 Å². The number of aryl methyl sites for hydroxylation is 1. The van der Waals surface area contributed by atoms with Crippen LogP contribution in [0.4, 0.5) is 5.69 Å². The Kier molecular flexibility index (Phi) is 6.60. The standard InChI is InChI=1S/C37H53NO3/c1-22(2)30-26(39)21-37(32(41)38-24-11-9-10-23(3)20-24)19-18-35(7)25(31(30)37)12-13-28-34(6)16-15-29(40)33(4,5)27(34)14-17-36(28,35)8/h9-11,20,22,25,27-29,40H,12-19,21H2,1-8H3,(H,38,41)/t25-,27?,28?,29+,34+,35-,36-,37-/m1/s1. The first kappa shape index (κ1) is 29.1. The number of nitrogens with one attached hydrogen (secondary N) is 1. The number of benzene rings is 1. The Hall–Kier alpha value is -1.94. The number of fused-ring (bicyclic) bond motifs is 7. The summed E-state index contributed by atoms with van der Waals surface area (Å²) in [5.41, 5.74) is 3.71. The van der Waals surface area contributed by atoms with Gasteiger partial charge in [0.15, 0.2) is 5.78 Å². The average molecular weight is 560 g/mol. The zero-order chi connectivity index (χ0) is 29.8. The summed E-state index contributed by atoms with van der Waals surface area (Å²) in [6.45, 7) is 18.6. The molecule has 0 radical (unpaired) electrons.